The van der Waals surface area contributed by atoms with Crippen molar-refractivity contribution >= 4 is 62.6 Å². The van der Waals surface area contributed by atoms with Crippen LogP contribution in [0.3, 0.4) is 0 Å². The van der Waals surface area contributed by atoms with Crippen LogP contribution in [0, 0.1) is 0 Å². The molecule has 0 saturated heterocycles. The Bertz CT molecular complexity index is 1830. The fourth-order valence-electron chi connectivity index (χ4n) is 4.92. The van der Waals surface area contributed by atoms with Gasteiger partial charge in [-0.3, -0.25) is 14.2 Å². The second kappa shape index (κ2) is 16.3. The zero-order valence-electron chi connectivity index (χ0n) is 30.2. The zero-order valence-corrected chi connectivity index (χ0v) is 31.0. The molecule has 3 amide bonds. The second-order valence-corrected chi connectivity index (χ2v) is 15.4. The molecule has 0 spiro atoms. The first-order valence-electron chi connectivity index (χ1n) is 16.3. The molecule has 50 heavy (non-hydrogen) atoms. The molecule has 12 nitrogen and oxygen atoms in total. The molecule has 2 heterocycles. The van der Waals surface area contributed by atoms with Crippen LogP contribution < -0.4 is 21.7 Å². The second-order valence-electron chi connectivity index (χ2n) is 14.5. The molecule has 4 rings (SSSR count). The van der Waals surface area contributed by atoms with Crippen molar-refractivity contribution in [3.8, 4) is 0 Å². The third kappa shape index (κ3) is 11.4. The quantitative estimate of drug-likeness (QED) is 0.157. The number of fused-ring (bicyclic) bond motifs is 2. The largest absolute Gasteiger partial charge is 0.444 e. The number of benzene rings is 2. The number of para-hydroxylation sites is 1. The van der Waals surface area contributed by atoms with Gasteiger partial charge in [-0.1, -0.05) is 36.4 Å². The van der Waals surface area contributed by atoms with E-state index in [9.17, 15) is 24.0 Å². The SMILES string of the molecule is CC(C)(C=O)NC(=O)OC(C)(C)C.CNC(Cc1csc2ccccc12)C(=O)N[C@H](Cc1cn(C(=O)OC(C)(C)C)c2ccccc12)C(N)=O. The van der Waals surface area contributed by atoms with E-state index in [2.05, 4.69) is 27.4 Å². The van der Waals surface area contributed by atoms with E-state index in [0.29, 0.717) is 23.8 Å². The minimum absolute atomic E-state index is 0.134. The number of nitrogens with one attached hydrogen (secondary N) is 3. The molecule has 4 aromatic rings. The molecule has 0 saturated carbocycles. The summed E-state index contributed by atoms with van der Waals surface area (Å²) in [6.07, 6.45) is 1.81. The molecule has 0 aliphatic rings. The van der Waals surface area contributed by atoms with Gasteiger partial charge in [0.15, 0.2) is 0 Å². The Balaban J connectivity index is 0.000000442. The Morgan fingerprint density at radius 3 is 2.00 bits per heavy atom. The number of aromatic nitrogens is 1. The first-order chi connectivity index (χ1) is 23.2. The summed E-state index contributed by atoms with van der Waals surface area (Å²) in [5.74, 6) is -0.976. The maximum Gasteiger partial charge on any atom is 0.419 e. The van der Waals surface area contributed by atoms with Crippen molar-refractivity contribution in [2.45, 2.75) is 97.1 Å². The molecule has 2 aromatic carbocycles. The lowest BCUT2D eigenvalue weighted by molar-refractivity contribution is -0.128. The Morgan fingerprint density at radius 1 is 0.840 bits per heavy atom. The van der Waals surface area contributed by atoms with Gasteiger partial charge in [-0.2, -0.15) is 0 Å². The van der Waals surface area contributed by atoms with Gasteiger partial charge in [0.1, 0.15) is 23.5 Å². The Kier molecular flexibility index (Phi) is 12.9. The van der Waals surface area contributed by atoms with E-state index >= 15 is 0 Å². The van der Waals surface area contributed by atoms with Crippen LogP contribution >= 0.6 is 11.3 Å². The predicted octanol–water partition coefficient (Wildman–Crippen LogP) is 5.47. The number of aldehydes is 1. The van der Waals surface area contributed by atoms with Crippen LogP contribution in [0.15, 0.2) is 60.1 Å². The lowest BCUT2D eigenvalue weighted by atomic mass is 10.0. The van der Waals surface area contributed by atoms with Crippen molar-refractivity contribution in [2.75, 3.05) is 7.05 Å². The van der Waals surface area contributed by atoms with Gasteiger partial charge in [0, 0.05) is 22.7 Å². The molecular formula is C37H49N5O7S. The van der Waals surface area contributed by atoms with Crippen molar-refractivity contribution in [2.24, 2.45) is 5.73 Å². The third-order valence-corrected chi connectivity index (χ3v) is 8.25. The number of hydrogen-bond acceptors (Lipinski definition) is 9. The number of hydrogen-bond donors (Lipinski definition) is 4. The normalized spacial score (nSPS) is 13.1. The third-order valence-electron chi connectivity index (χ3n) is 7.24. The molecule has 0 aliphatic carbocycles. The molecule has 2 aromatic heterocycles. The number of likely N-dealkylation sites (N-methyl/N-ethyl adjacent to an activating group) is 1. The van der Waals surface area contributed by atoms with Crippen LogP contribution in [0.4, 0.5) is 9.59 Å². The number of carbonyl (C=O) groups excluding carboxylic acids is 5. The lowest BCUT2D eigenvalue weighted by Crippen LogP contribution is -2.52. The van der Waals surface area contributed by atoms with E-state index in [1.807, 2.05) is 42.5 Å². The summed E-state index contributed by atoms with van der Waals surface area (Å²) in [7, 11) is 1.71. The van der Waals surface area contributed by atoms with Gasteiger partial charge in [-0.25, -0.2) is 9.59 Å². The molecule has 270 valence electrons. The van der Waals surface area contributed by atoms with Crippen LogP contribution in [-0.4, -0.2) is 70.7 Å². The number of nitrogens with zero attached hydrogens (tertiary/aromatic N) is 1. The van der Waals surface area contributed by atoms with E-state index in [1.165, 1.54) is 4.57 Å². The van der Waals surface area contributed by atoms with Crippen LogP contribution in [0.2, 0.25) is 0 Å². The van der Waals surface area contributed by atoms with E-state index in [-0.39, 0.29) is 12.3 Å². The summed E-state index contributed by atoms with van der Waals surface area (Å²) >= 11 is 1.63. The van der Waals surface area contributed by atoms with Crippen molar-refractivity contribution in [3.63, 3.8) is 0 Å². The average molecular weight is 708 g/mol. The number of alkyl carbamates (subject to hydrolysis) is 1. The van der Waals surface area contributed by atoms with Crippen molar-refractivity contribution in [1.82, 2.24) is 20.5 Å². The number of ether oxygens (including phenoxy) is 2. The molecule has 1 unspecified atom stereocenters. The highest BCUT2D eigenvalue weighted by atomic mass is 32.1. The van der Waals surface area contributed by atoms with Gasteiger partial charge in [-0.05, 0) is 103 Å². The van der Waals surface area contributed by atoms with E-state index in [4.69, 9.17) is 15.2 Å². The van der Waals surface area contributed by atoms with Gasteiger partial charge in [0.25, 0.3) is 0 Å². The molecule has 2 atom stereocenters. The highest BCUT2D eigenvalue weighted by Gasteiger charge is 2.27. The summed E-state index contributed by atoms with van der Waals surface area (Å²) in [6, 6.07) is 13.9. The highest BCUT2D eigenvalue weighted by Crippen LogP contribution is 2.27. The molecule has 0 bridgehead atoms. The molecular weight excluding hydrogens is 659 g/mol. The van der Waals surface area contributed by atoms with Gasteiger partial charge in [-0.15, -0.1) is 11.3 Å². The Labute approximate surface area is 297 Å². The first-order valence-corrected chi connectivity index (χ1v) is 17.1. The zero-order chi connectivity index (χ0) is 37.4. The van der Waals surface area contributed by atoms with Gasteiger partial charge >= 0.3 is 12.2 Å². The molecule has 5 N–H and O–H groups in total. The monoisotopic (exact) mass is 707 g/mol. The van der Waals surface area contributed by atoms with Crippen molar-refractivity contribution in [1.29, 1.82) is 0 Å². The topological polar surface area (TPSA) is 171 Å². The first kappa shape index (κ1) is 39.7. The van der Waals surface area contributed by atoms with Gasteiger partial charge in [0.05, 0.1) is 17.1 Å². The Hall–Kier alpha value is -4.75. The summed E-state index contributed by atoms with van der Waals surface area (Å²) < 4.78 is 13.1. The standard InChI is InChI=1S/C28H32N4O4S.C9H17NO3/c1-28(2,3)36-27(35)32-15-17(19-9-5-7-11-23(19)32)13-21(25(29)33)31-26(34)22(30-4)14-18-16-37-24-12-8-6-10-20(18)24;1-8(2,3)13-7(12)10-9(4,5)6-11/h5-12,15-16,21-22,30H,13-14H2,1-4H3,(H2,29,33)(H,31,34);6H,1-5H3,(H,10,12)/t21-,22?;/m1./s1. The minimum atomic E-state index is -0.958. The maximum atomic E-state index is 13.2. The summed E-state index contributed by atoms with van der Waals surface area (Å²) in [4.78, 5) is 60.0. The van der Waals surface area contributed by atoms with Crippen molar-refractivity contribution in [3.05, 3.63) is 71.2 Å². The average Bonchev–Trinajstić information content (AvgIpc) is 3.59. The minimum Gasteiger partial charge on any atom is -0.444 e. The number of carbonyl (C=O) groups is 5. The summed E-state index contributed by atoms with van der Waals surface area (Å²) in [5.41, 5.74) is 6.05. The lowest BCUT2D eigenvalue weighted by Gasteiger charge is -2.24. The molecule has 0 fully saturated rings. The highest BCUT2D eigenvalue weighted by molar-refractivity contribution is 7.17. The fourth-order valence-corrected chi connectivity index (χ4v) is 5.90. The molecule has 0 aliphatic heterocycles. The smallest absolute Gasteiger partial charge is 0.419 e. The van der Waals surface area contributed by atoms with Crippen molar-refractivity contribution < 1.29 is 33.4 Å². The van der Waals surface area contributed by atoms with E-state index in [0.717, 1.165) is 21.0 Å². The molecule has 13 heteroatoms. The van der Waals surface area contributed by atoms with Crippen LogP contribution in [0.1, 0.15) is 66.5 Å². The summed E-state index contributed by atoms with van der Waals surface area (Å²) in [6.45, 7) is 13.9. The predicted molar refractivity (Wildman–Crippen MR) is 196 cm³/mol. The number of rotatable bonds is 10. The van der Waals surface area contributed by atoms with Gasteiger partial charge in [0.2, 0.25) is 11.8 Å². The maximum absolute atomic E-state index is 13.2. The number of primary amides is 1. The number of nitrogens with two attached hydrogens (primary N) is 1. The van der Waals surface area contributed by atoms with Crippen LogP contribution in [-0.2, 0) is 36.7 Å². The van der Waals surface area contributed by atoms with Crippen LogP contribution in [0.25, 0.3) is 21.0 Å². The fraction of sp³-hybridized carbons (Fsp3) is 0.432. The van der Waals surface area contributed by atoms with E-state index in [1.54, 1.807) is 80.0 Å². The Morgan fingerprint density at radius 2 is 1.42 bits per heavy atom. The number of amides is 3. The summed E-state index contributed by atoms with van der Waals surface area (Å²) in [5, 5.41) is 12.3. The number of thiophene rings is 1. The van der Waals surface area contributed by atoms with Crippen LogP contribution in [0.5, 0.6) is 0 Å². The molecule has 0 radical (unpaired) electrons. The van der Waals surface area contributed by atoms with Gasteiger partial charge < -0.3 is 36.0 Å². The van der Waals surface area contributed by atoms with E-state index < -0.39 is 46.9 Å².